The normalized spacial score (nSPS) is 29.0. The molecule has 3 heterocycles. The van der Waals surface area contributed by atoms with Crippen molar-refractivity contribution in [1.29, 1.82) is 0 Å². The lowest BCUT2D eigenvalue weighted by Crippen LogP contribution is -3.12. The minimum atomic E-state index is -0.779. The van der Waals surface area contributed by atoms with Crippen LogP contribution in [0.3, 0.4) is 0 Å². The molecule has 158 valence electrons. The van der Waals surface area contributed by atoms with Gasteiger partial charge in [0.15, 0.2) is 11.8 Å². The Kier molecular flexibility index (Phi) is 4.28. The topological polar surface area (TPSA) is 58.9 Å². The molecule has 1 unspecified atom stereocenters. The number of Topliss-reactive ketones (excluding diaryl/α,β-unsaturated/α-hetero) is 1. The molecule has 0 aromatic heterocycles. The molecule has 3 aliphatic heterocycles. The molecule has 0 radical (unpaired) electrons. The number of carbonyl (C=O) groups excluding carboxylic acids is 3. The van der Waals surface area contributed by atoms with E-state index in [2.05, 4.69) is 0 Å². The van der Waals surface area contributed by atoms with E-state index in [1.165, 1.54) is 18.2 Å². The summed E-state index contributed by atoms with van der Waals surface area (Å²) in [6, 6.07) is 12.3. The van der Waals surface area contributed by atoms with E-state index in [1.807, 2.05) is 57.3 Å². The third-order valence-corrected chi connectivity index (χ3v) is 6.71. The van der Waals surface area contributed by atoms with Crippen molar-refractivity contribution < 1.29 is 23.7 Å². The van der Waals surface area contributed by atoms with E-state index < -0.39 is 35.0 Å². The second-order valence-corrected chi connectivity index (χ2v) is 9.58. The molecular formula is C25H24FN2O3+. The number of nitrogens with one attached hydrogen (secondary N) is 1. The minimum absolute atomic E-state index is 0.0497. The van der Waals surface area contributed by atoms with Crippen LogP contribution in [0, 0.1) is 23.1 Å². The average molecular weight is 419 g/mol. The van der Waals surface area contributed by atoms with Crippen LogP contribution in [-0.4, -0.2) is 23.6 Å². The molecule has 31 heavy (non-hydrogen) atoms. The summed E-state index contributed by atoms with van der Waals surface area (Å²) in [6.07, 6.45) is 3.89. The van der Waals surface area contributed by atoms with Crippen LogP contribution in [0.2, 0.25) is 0 Å². The minimum Gasteiger partial charge on any atom is -0.292 e. The van der Waals surface area contributed by atoms with Crippen LogP contribution < -0.4 is 9.80 Å². The highest BCUT2D eigenvalue weighted by Crippen LogP contribution is 2.45. The monoisotopic (exact) mass is 419 g/mol. The SMILES string of the molecule is CC(C)(C)C(=O)[C@@H]1[C@@H]2C(=O)N(c3cccc(F)c3)C(=O)[C@@H]2[C@H]2c3ccccc3C=C[NH+]12. The molecular weight excluding hydrogens is 395 g/mol. The smallest absolute Gasteiger partial charge is 0.244 e. The number of imide groups is 1. The molecule has 0 aliphatic carbocycles. The molecule has 1 N–H and O–H groups in total. The molecule has 5 rings (SSSR count). The van der Waals surface area contributed by atoms with E-state index in [0.717, 1.165) is 20.9 Å². The zero-order valence-corrected chi connectivity index (χ0v) is 17.6. The van der Waals surface area contributed by atoms with Gasteiger partial charge in [0.25, 0.3) is 0 Å². The maximum atomic E-state index is 13.9. The van der Waals surface area contributed by atoms with Gasteiger partial charge < -0.3 is 0 Å². The Bertz CT molecular complexity index is 1150. The van der Waals surface area contributed by atoms with Crippen LogP contribution in [0.1, 0.15) is 37.9 Å². The Morgan fingerprint density at radius 3 is 2.42 bits per heavy atom. The third kappa shape index (κ3) is 2.82. The van der Waals surface area contributed by atoms with Gasteiger partial charge in [-0.1, -0.05) is 51.1 Å². The first-order chi connectivity index (χ1) is 14.7. The van der Waals surface area contributed by atoms with Crippen molar-refractivity contribution in [1.82, 2.24) is 0 Å². The average Bonchev–Trinajstić information content (AvgIpc) is 3.19. The van der Waals surface area contributed by atoms with E-state index in [9.17, 15) is 18.8 Å². The number of nitrogens with zero attached hydrogens (tertiary/aromatic N) is 1. The Hall–Kier alpha value is -3.12. The van der Waals surface area contributed by atoms with Gasteiger partial charge in [0, 0.05) is 11.0 Å². The number of amides is 2. The van der Waals surface area contributed by atoms with Crippen molar-refractivity contribution in [2.75, 3.05) is 4.90 Å². The maximum absolute atomic E-state index is 13.9. The number of ketones is 1. The van der Waals surface area contributed by atoms with Gasteiger partial charge in [-0.05, 0) is 29.8 Å². The summed E-state index contributed by atoms with van der Waals surface area (Å²) >= 11 is 0. The summed E-state index contributed by atoms with van der Waals surface area (Å²) in [5.41, 5.74) is 1.50. The van der Waals surface area contributed by atoms with Crippen LogP contribution in [-0.2, 0) is 14.4 Å². The lowest BCUT2D eigenvalue weighted by molar-refractivity contribution is -0.885. The molecule has 2 fully saturated rings. The Morgan fingerprint density at radius 2 is 1.71 bits per heavy atom. The van der Waals surface area contributed by atoms with Crippen LogP contribution in [0.4, 0.5) is 10.1 Å². The summed E-state index contributed by atoms with van der Waals surface area (Å²) < 4.78 is 13.9. The molecule has 0 spiro atoms. The summed E-state index contributed by atoms with van der Waals surface area (Å²) in [5, 5.41) is 0. The van der Waals surface area contributed by atoms with Crippen LogP contribution >= 0.6 is 0 Å². The van der Waals surface area contributed by atoms with Gasteiger partial charge in [-0.2, -0.15) is 0 Å². The second-order valence-electron chi connectivity index (χ2n) is 9.58. The summed E-state index contributed by atoms with van der Waals surface area (Å²) in [6.45, 7) is 5.51. The number of rotatable bonds is 2. The largest absolute Gasteiger partial charge is 0.292 e. The van der Waals surface area contributed by atoms with Gasteiger partial charge in [-0.25, -0.2) is 9.29 Å². The van der Waals surface area contributed by atoms with Crippen molar-refractivity contribution in [2.24, 2.45) is 17.3 Å². The standard InChI is InChI=1S/C25H23FN2O3/c1-25(2,3)22(29)21-19-18(20-17-10-5-4-7-14(17)11-12-27(20)21)23(30)28(24(19)31)16-9-6-8-15(26)13-16/h4-13,18-21H,1-3H3/p+1/t18-,19+,20+,21-/m0/s1. The maximum Gasteiger partial charge on any atom is 0.244 e. The molecule has 2 saturated heterocycles. The zero-order chi connectivity index (χ0) is 22.1. The molecule has 3 aliphatic rings. The number of anilines is 1. The summed E-state index contributed by atoms with van der Waals surface area (Å²) in [4.78, 5) is 42.7. The van der Waals surface area contributed by atoms with E-state index in [-0.39, 0.29) is 23.4 Å². The van der Waals surface area contributed by atoms with E-state index >= 15 is 0 Å². The zero-order valence-electron chi connectivity index (χ0n) is 17.6. The van der Waals surface area contributed by atoms with E-state index in [1.54, 1.807) is 6.07 Å². The predicted octanol–water partition coefficient (Wildman–Crippen LogP) is 2.54. The van der Waals surface area contributed by atoms with Crippen molar-refractivity contribution >= 4 is 29.4 Å². The number of hydrogen-bond donors (Lipinski definition) is 1. The number of benzene rings is 2. The van der Waals surface area contributed by atoms with Gasteiger partial charge in [0.05, 0.1) is 11.9 Å². The molecule has 2 aromatic rings. The number of halogens is 1. The molecule has 0 bridgehead atoms. The first kappa shape index (κ1) is 19.8. The molecule has 0 saturated carbocycles. The van der Waals surface area contributed by atoms with Crippen molar-refractivity contribution in [3.8, 4) is 0 Å². The van der Waals surface area contributed by atoms with Gasteiger partial charge in [-0.15, -0.1) is 0 Å². The predicted molar refractivity (Wildman–Crippen MR) is 113 cm³/mol. The van der Waals surface area contributed by atoms with E-state index in [0.29, 0.717) is 0 Å². The lowest BCUT2D eigenvalue weighted by atomic mass is 9.79. The Labute approximate surface area is 180 Å². The molecule has 2 amide bonds. The quantitative estimate of drug-likeness (QED) is 0.762. The van der Waals surface area contributed by atoms with Gasteiger partial charge in [-0.3, -0.25) is 19.3 Å². The van der Waals surface area contributed by atoms with Gasteiger partial charge >= 0.3 is 0 Å². The number of quaternary nitrogens is 1. The fourth-order valence-electron chi connectivity index (χ4n) is 5.38. The lowest BCUT2D eigenvalue weighted by Gasteiger charge is -2.32. The van der Waals surface area contributed by atoms with Crippen molar-refractivity contribution in [2.45, 2.75) is 32.9 Å². The fraction of sp³-hybridized carbons (Fsp3) is 0.320. The summed E-state index contributed by atoms with van der Waals surface area (Å²) in [7, 11) is 0. The highest BCUT2D eigenvalue weighted by atomic mass is 19.1. The molecule has 5 atom stereocenters. The van der Waals surface area contributed by atoms with Crippen LogP contribution in [0.15, 0.2) is 54.7 Å². The molecule has 5 nitrogen and oxygen atoms in total. The second kappa shape index (κ2) is 6.69. The van der Waals surface area contributed by atoms with Crippen molar-refractivity contribution in [3.05, 3.63) is 71.7 Å². The van der Waals surface area contributed by atoms with Gasteiger partial charge in [0.1, 0.15) is 23.7 Å². The molecule has 6 heteroatoms. The highest BCUT2D eigenvalue weighted by molar-refractivity contribution is 6.23. The third-order valence-electron chi connectivity index (χ3n) is 6.71. The highest BCUT2D eigenvalue weighted by Gasteiger charge is 2.68. The summed E-state index contributed by atoms with van der Waals surface area (Å²) in [5.74, 6) is -2.80. The Morgan fingerprint density at radius 1 is 1.00 bits per heavy atom. The number of hydrogen-bond acceptors (Lipinski definition) is 3. The van der Waals surface area contributed by atoms with Crippen LogP contribution in [0.25, 0.3) is 6.08 Å². The fourth-order valence-corrected chi connectivity index (χ4v) is 5.38. The van der Waals surface area contributed by atoms with Crippen LogP contribution in [0.5, 0.6) is 0 Å². The number of carbonyl (C=O) groups is 3. The van der Waals surface area contributed by atoms with Crippen molar-refractivity contribution in [3.63, 3.8) is 0 Å². The first-order valence-corrected chi connectivity index (χ1v) is 10.5. The van der Waals surface area contributed by atoms with Gasteiger partial charge in [0.2, 0.25) is 11.8 Å². The first-order valence-electron chi connectivity index (χ1n) is 10.5. The number of fused-ring (bicyclic) bond motifs is 5. The molecule has 2 aromatic carbocycles. The van der Waals surface area contributed by atoms with E-state index in [4.69, 9.17) is 0 Å². The Balaban J connectivity index is 1.67.